The minimum absolute atomic E-state index is 0.441. The van der Waals surface area contributed by atoms with Crippen LogP contribution in [0.25, 0.3) is 10.8 Å². The number of likely N-dealkylation sites (tertiary alicyclic amines) is 1. The van der Waals surface area contributed by atoms with Crippen LogP contribution in [-0.4, -0.2) is 48.1 Å². The SMILES string of the molecule is CC(C)N(CCC(C#N)(CCN1CCCCC1)c1ccc2ccccc2c1)C(C)C. The molecule has 3 heteroatoms. The van der Waals surface area contributed by atoms with Crippen molar-refractivity contribution in [3.05, 3.63) is 48.0 Å². The predicted octanol–water partition coefficient (Wildman–Crippen LogP) is 5.99. The van der Waals surface area contributed by atoms with Crippen LogP contribution in [0.2, 0.25) is 0 Å². The van der Waals surface area contributed by atoms with Crippen molar-refractivity contribution in [1.82, 2.24) is 9.80 Å². The van der Waals surface area contributed by atoms with Crippen molar-refractivity contribution < 1.29 is 0 Å². The number of fused-ring (bicyclic) bond motifs is 1. The Balaban J connectivity index is 1.89. The first kappa shape index (κ1) is 22.8. The maximum Gasteiger partial charge on any atom is 0.0846 e. The van der Waals surface area contributed by atoms with E-state index in [0.29, 0.717) is 12.1 Å². The van der Waals surface area contributed by atoms with E-state index in [-0.39, 0.29) is 0 Å². The summed E-state index contributed by atoms with van der Waals surface area (Å²) in [6.07, 6.45) is 5.73. The molecule has 3 rings (SSSR count). The molecule has 0 bridgehead atoms. The Labute approximate surface area is 183 Å². The second-order valence-corrected chi connectivity index (χ2v) is 9.58. The second kappa shape index (κ2) is 10.4. The first-order valence-electron chi connectivity index (χ1n) is 11.8. The summed E-state index contributed by atoms with van der Waals surface area (Å²) in [6, 6.07) is 18.9. The molecule has 30 heavy (non-hydrogen) atoms. The van der Waals surface area contributed by atoms with E-state index in [2.05, 4.69) is 86.0 Å². The minimum atomic E-state index is -0.441. The monoisotopic (exact) mass is 405 g/mol. The third kappa shape index (κ3) is 5.42. The van der Waals surface area contributed by atoms with Gasteiger partial charge in [0.05, 0.1) is 11.5 Å². The molecule has 1 unspecified atom stereocenters. The lowest BCUT2D eigenvalue weighted by molar-refractivity contribution is 0.155. The number of rotatable bonds is 9. The molecule has 1 saturated heterocycles. The standard InChI is InChI=1S/C27H39N3/c1-22(2)30(23(3)4)19-15-27(21-28,14-18-29-16-8-5-9-17-29)26-13-12-24-10-6-7-11-25(24)20-26/h6-7,10-13,20,22-23H,5,8-9,14-19H2,1-4H3. The molecule has 0 spiro atoms. The fourth-order valence-corrected chi connectivity index (χ4v) is 5.04. The normalized spacial score (nSPS) is 17.5. The summed E-state index contributed by atoms with van der Waals surface area (Å²) in [6.45, 7) is 13.4. The number of hydrogen-bond acceptors (Lipinski definition) is 3. The van der Waals surface area contributed by atoms with Crippen molar-refractivity contribution in [3.8, 4) is 6.07 Å². The van der Waals surface area contributed by atoms with Gasteiger partial charge in [-0.2, -0.15) is 5.26 Å². The zero-order valence-electron chi connectivity index (χ0n) is 19.4. The molecule has 1 fully saturated rings. The lowest BCUT2D eigenvalue weighted by Crippen LogP contribution is -2.42. The van der Waals surface area contributed by atoms with E-state index in [1.807, 2.05) is 0 Å². The summed E-state index contributed by atoms with van der Waals surface area (Å²) in [5.74, 6) is 0. The summed E-state index contributed by atoms with van der Waals surface area (Å²) in [4.78, 5) is 5.09. The highest BCUT2D eigenvalue weighted by Crippen LogP contribution is 2.35. The molecular weight excluding hydrogens is 366 g/mol. The lowest BCUT2D eigenvalue weighted by atomic mass is 9.75. The van der Waals surface area contributed by atoms with Crippen LogP contribution >= 0.6 is 0 Å². The highest BCUT2D eigenvalue weighted by Gasteiger charge is 2.34. The molecule has 0 saturated carbocycles. The number of nitriles is 1. The molecule has 3 nitrogen and oxygen atoms in total. The number of nitrogens with zero attached hydrogens (tertiary/aromatic N) is 3. The smallest absolute Gasteiger partial charge is 0.0846 e. The Bertz CT molecular complexity index is 837. The molecule has 1 aliphatic heterocycles. The van der Waals surface area contributed by atoms with Gasteiger partial charge in [0.1, 0.15) is 0 Å². The maximum absolute atomic E-state index is 10.5. The summed E-state index contributed by atoms with van der Waals surface area (Å²) < 4.78 is 0. The summed E-state index contributed by atoms with van der Waals surface area (Å²) in [7, 11) is 0. The maximum atomic E-state index is 10.5. The second-order valence-electron chi connectivity index (χ2n) is 9.58. The number of benzene rings is 2. The van der Waals surface area contributed by atoms with Crippen molar-refractivity contribution in [2.24, 2.45) is 0 Å². The van der Waals surface area contributed by atoms with Gasteiger partial charge in [-0.15, -0.1) is 0 Å². The van der Waals surface area contributed by atoms with Crippen LogP contribution in [0.3, 0.4) is 0 Å². The molecule has 1 heterocycles. The average Bonchev–Trinajstić information content (AvgIpc) is 2.76. The van der Waals surface area contributed by atoms with Crippen molar-refractivity contribution in [2.45, 2.75) is 77.3 Å². The Morgan fingerprint density at radius 1 is 0.933 bits per heavy atom. The Kier molecular flexibility index (Phi) is 7.92. The van der Waals surface area contributed by atoms with Gasteiger partial charge in [0.15, 0.2) is 0 Å². The van der Waals surface area contributed by atoms with Crippen LogP contribution in [0, 0.1) is 11.3 Å². The minimum Gasteiger partial charge on any atom is -0.303 e. The van der Waals surface area contributed by atoms with Crippen LogP contribution in [-0.2, 0) is 5.41 Å². The Hall–Kier alpha value is -1.89. The van der Waals surface area contributed by atoms with Crippen molar-refractivity contribution in [1.29, 1.82) is 5.26 Å². The third-order valence-electron chi connectivity index (χ3n) is 6.94. The van der Waals surface area contributed by atoms with Crippen molar-refractivity contribution in [2.75, 3.05) is 26.2 Å². The predicted molar refractivity (Wildman–Crippen MR) is 128 cm³/mol. The molecule has 0 radical (unpaired) electrons. The molecule has 2 aromatic carbocycles. The van der Waals surface area contributed by atoms with Crippen molar-refractivity contribution in [3.63, 3.8) is 0 Å². The van der Waals surface area contributed by atoms with Gasteiger partial charge in [-0.1, -0.05) is 42.8 Å². The summed E-state index contributed by atoms with van der Waals surface area (Å²) in [5.41, 5.74) is 0.747. The fourth-order valence-electron chi connectivity index (χ4n) is 5.04. The van der Waals surface area contributed by atoms with Gasteiger partial charge in [-0.25, -0.2) is 0 Å². The van der Waals surface area contributed by atoms with Gasteiger partial charge in [-0.05, 0) is 95.4 Å². The van der Waals surface area contributed by atoms with E-state index in [1.165, 1.54) is 48.7 Å². The van der Waals surface area contributed by atoms with Gasteiger partial charge in [0, 0.05) is 18.6 Å². The van der Waals surface area contributed by atoms with Crippen LogP contribution in [0.1, 0.15) is 65.4 Å². The molecule has 162 valence electrons. The highest BCUT2D eigenvalue weighted by molar-refractivity contribution is 5.83. The molecular formula is C27H39N3. The number of piperidine rings is 1. The highest BCUT2D eigenvalue weighted by atomic mass is 15.2. The van der Waals surface area contributed by atoms with E-state index in [1.54, 1.807) is 0 Å². The van der Waals surface area contributed by atoms with E-state index in [9.17, 15) is 5.26 Å². The summed E-state index contributed by atoms with van der Waals surface area (Å²) in [5, 5.41) is 13.0. The third-order valence-corrected chi connectivity index (χ3v) is 6.94. The quantitative estimate of drug-likeness (QED) is 0.513. The average molecular weight is 406 g/mol. The Morgan fingerprint density at radius 3 is 2.23 bits per heavy atom. The van der Waals surface area contributed by atoms with Crippen LogP contribution < -0.4 is 0 Å². The largest absolute Gasteiger partial charge is 0.303 e. The zero-order chi connectivity index (χ0) is 21.6. The molecule has 1 aliphatic rings. The van der Waals surface area contributed by atoms with Gasteiger partial charge in [0.25, 0.3) is 0 Å². The molecule has 2 aromatic rings. The van der Waals surface area contributed by atoms with E-state index in [0.717, 1.165) is 25.9 Å². The zero-order valence-corrected chi connectivity index (χ0v) is 19.4. The van der Waals surface area contributed by atoms with E-state index >= 15 is 0 Å². The van der Waals surface area contributed by atoms with Gasteiger partial charge in [0.2, 0.25) is 0 Å². The van der Waals surface area contributed by atoms with Gasteiger partial charge in [-0.3, -0.25) is 4.90 Å². The van der Waals surface area contributed by atoms with Gasteiger partial charge >= 0.3 is 0 Å². The number of hydrogen-bond donors (Lipinski definition) is 0. The fraction of sp³-hybridized carbons (Fsp3) is 0.593. The first-order valence-corrected chi connectivity index (χ1v) is 11.8. The lowest BCUT2D eigenvalue weighted by Gasteiger charge is -2.36. The molecule has 1 atom stereocenters. The Morgan fingerprint density at radius 2 is 1.60 bits per heavy atom. The topological polar surface area (TPSA) is 30.3 Å². The first-order chi connectivity index (χ1) is 14.4. The molecule has 0 aliphatic carbocycles. The molecule has 0 aromatic heterocycles. The van der Waals surface area contributed by atoms with Crippen LogP contribution in [0.4, 0.5) is 0 Å². The molecule has 0 N–H and O–H groups in total. The van der Waals surface area contributed by atoms with E-state index in [4.69, 9.17) is 0 Å². The summed E-state index contributed by atoms with van der Waals surface area (Å²) >= 11 is 0. The van der Waals surface area contributed by atoms with Crippen LogP contribution in [0.5, 0.6) is 0 Å². The van der Waals surface area contributed by atoms with Crippen molar-refractivity contribution >= 4 is 10.8 Å². The van der Waals surface area contributed by atoms with E-state index < -0.39 is 5.41 Å². The van der Waals surface area contributed by atoms with Crippen LogP contribution in [0.15, 0.2) is 42.5 Å². The van der Waals surface area contributed by atoms with Gasteiger partial charge < -0.3 is 4.90 Å². The molecule has 0 amide bonds.